The molecule has 0 aliphatic carbocycles. The van der Waals surface area contributed by atoms with E-state index in [0.717, 1.165) is 11.8 Å². The third kappa shape index (κ3) is 2.81. The average molecular weight is 244 g/mol. The molecule has 0 spiro atoms. The molecule has 0 bridgehead atoms. The summed E-state index contributed by atoms with van der Waals surface area (Å²) in [4.78, 5) is 0. The summed E-state index contributed by atoms with van der Waals surface area (Å²) in [6.07, 6.45) is -0.184. The van der Waals surface area contributed by atoms with E-state index in [-0.39, 0.29) is 0 Å². The van der Waals surface area contributed by atoms with Gasteiger partial charge in [0.1, 0.15) is 5.25 Å². The summed E-state index contributed by atoms with van der Waals surface area (Å²) >= 11 is 0. The largest absolute Gasteiger partial charge is 0.395 e. The van der Waals surface area contributed by atoms with Crippen molar-refractivity contribution in [3.05, 3.63) is 35.4 Å². The lowest BCUT2D eigenvalue weighted by Crippen LogP contribution is -2.31. The van der Waals surface area contributed by atoms with Crippen LogP contribution in [0, 0.1) is 6.92 Å². The molecule has 2 N–H and O–H groups in total. The Balaban J connectivity index is 3.10. The molecule has 90 valence electrons. The van der Waals surface area contributed by atoms with Crippen LogP contribution in [0.25, 0.3) is 0 Å². The predicted molar refractivity (Wildman–Crippen MR) is 61.9 cm³/mol. The van der Waals surface area contributed by atoms with E-state index in [0.29, 0.717) is 5.56 Å². The highest BCUT2D eigenvalue weighted by Crippen LogP contribution is 2.24. The van der Waals surface area contributed by atoms with Crippen LogP contribution >= 0.6 is 0 Å². The normalized spacial score (nSPS) is 15.8. The molecule has 0 fully saturated rings. The van der Waals surface area contributed by atoms with Crippen LogP contribution in [-0.2, 0) is 9.84 Å². The Morgan fingerprint density at radius 3 is 2.31 bits per heavy atom. The van der Waals surface area contributed by atoms with E-state index in [1.807, 2.05) is 0 Å². The van der Waals surface area contributed by atoms with Crippen LogP contribution in [0.5, 0.6) is 0 Å². The number of hydrogen-bond acceptors (Lipinski definition) is 4. The van der Waals surface area contributed by atoms with Crippen LogP contribution in [0.4, 0.5) is 0 Å². The van der Waals surface area contributed by atoms with Gasteiger partial charge in [0.25, 0.3) is 0 Å². The molecule has 0 saturated heterocycles. The van der Waals surface area contributed by atoms with Crippen molar-refractivity contribution in [3.8, 4) is 0 Å². The van der Waals surface area contributed by atoms with Gasteiger partial charge in [-0.3, -0.25) is 0 Å². The quantitative estimate of drug-likeness (QED) is 0.805. The standard InChI is InChI=1S/C11H16O4S/c1-8-5-3-4-6-9(8)11(13)10(7-12)16(2,14)15/h3-6,10-13H,7H2,1-2H3/t10-,11-/m1/s1. The molecule has 0 aliphatic heterocycles. The molecule has 16 heavy (non-hydrogen) atoms. The first kappa shape index (κ1) is 13.2. The first-order valence-corrected chi connectivity index (χ1v) is 6.86. The number of aliphatic hydroxyl groups excluding tert-OH is 2. The Hall–Kier alpha value is -0.910. The van der Waals surface area contributed by atoms with Crippen molar-refractivity contribution < 1.29 is 18.6 Å². The van der Waals surface area contributed by atoms with E-state index in [1.165, 1.54) is 0 Å². The van der Waals surface area contributed by atoms with Crippen molar-refractivity contribution in [1.29, 1.82) is 0 Å². The fourth-order valence-electron chi connectivity index (χ4n) is 1.59. The van der Waals surface area contributed by atoms with Crippen molar-refractivity contribution in [2.75, 3.05) is 12.9 Å². The fraction of sp³-hybridized carbons (Fsp3) is 0.455. The van der Waals surface area contributed by atoms with Gasteiger partial charge in [0.15, 0.2) is 9.84 Å². The van der Waals surface area contributed by atoms with E-state index in [9.17, 15) is 13.5 Å². The number of aryl methyl sites for hydroxylation is 1. The lowest BCUT2D eigenvalue weighted by molar-refractivity contribution is 0.137. The number of aliphatic hydroxyl groups is 2. The van der Waals surface area contributed by atoms with Crippen molar-refractivity contribution >= 4 is 9.84 Å². The Morgan fingerprint density at radius 2 is 1.88 bits per heavy atom. The highest BCUT2D eigenvalue weighted by atomic mass is 32.2. The second kappa shape index (κ2) is 4.95. The molecule has 0 saturated carbocycles. The second-order valence-electron chi connectivity index (χ2n) is 3.85. The van der Waals surface area contributed by atoms with Crippen molar-refractivity contribution in [2.24, 2.45) is 0 Å². The molecule has 2 atom stereocenters. The third-order valence-electron chi connectivity index (χ3n) is 2.59. The molecule has 0 heterocycles. The molecule has 0 unspecified atom stereocenters. The van der Waals surface area contributed by atoms with E-state index < -0.39 is 27.8 Å². The monoisotopic (exact) mass is 244 g/mol. The fourth-order valence-corrected chi connectivity index (χ4v) is 2.47. The maximum atomic E-state index is 11.4. The van der Waals surface area contributed by atoms with E-state index in [2.05, 4.69) is 0 Å². The molecule has 1 rings (SSSR count). The zero-order valence-electron chi connectivity index (χ0n) is 9.29. The highest BCUT2D eigenvalue weighted by Gasteiger charge is 2.30. The molecule has 4 nitrogen and oxygen atoms in total. The zero-order valence-corrected chi connectivity index (χ0v) is 10.1. The van der Waals surface area contributed by atoms with Crippen molar-refractivity contribution in [1.82, 2.24) is 0 Å². The van der Waals surface area contributed by atoms with Crippen LogP contribution < -0.4 is 0 Å². The van der Waals surface area contributed by atoms with Crippen LogP contribution in [0.2, 0.25) is 0 Å². The molecule has 1 aromatic carbocycles. The Labute approximate surface area is 95.5 Å². The van der Waals surface area contributed by atoms with Gasteiger partial charge in [-0.25, -0.2) is 8.42 Å². The molecule has 5 heteroatoms. The topological polar surface area (TPSA) is 74.6 Å². The summed E-state index contributed by atoms with van der Waals surface area (Å²) in [6.45, 7) is 1.20. The lowest BCUT2D eigenvalue weighted by atomic mass is 10.0. The summed E-state index contributed by atoms with van der Waals surface area (Å²) in [6, 6.07) is 6.98. The van der Waals surface area contributed by atoms with Crippen LogP contribution in [-0.4, -0.2) is 36.7 Å². The first-order chi connectivity index (χ1) is 7.38. The zero-order chi connectivity index (χ0) is 12.3. The van der Waals surface area contributed by atoms with Crippen LogP contribution in [0.1, 0.15) is 17.2 Å². The molecule has 0 amide bonds. The SMILES string of the molecule is Cc1ccccc1[C@@H](O)[C@@H](CO)S(C)(=O)=O. The second-order valence-corrected chi connectivity index (χ2v) is 6.12. The Bertz CT molecular complexity index is 453. The van der Waals surface area contributed by atoms with Gasteiger partial charge in [0.05, 0.1) is 12.7 Å². The minimum Gasteiger partial charge on any atom is -0.395 e. The first-order valence-electron chi connectivity index (χ1n) is 4.91. The summed E-state index contributed by atoms with van der Waals surface area (Å²) < 4.78 is 22.7. The van der Waals surface area contributed by atoms with Gasteiger partial charge in [-0.1, -0.05) is 24.3 Å². The Kier molecular flexibility index (Phi) is 4.07. The maximum Gasteiger partial charge on any atom is 0.155 e. The number of rotatable bonds is 4. The number of benzene rings is 1. The van der Waals surface area contributed by atoms with Gasteiger partial charge in [-0.15, -0.1) is 0 Å². The predicted octanol–water partition coefficient (Wildman–Crippen LogP) is 0.434. The summed E-state index contributed by atoms with van der Waals surface area (Å²) in [5, 5.41) is 17.8. The molecular formula is C11H16O4S. The smallest absolute Gasteiger partial charge is 0.155 e. The van der Waals surface area contributed by atoms with Gasteiger partial charge in [0, 0.05) is 6.26 Å². The summed E-state index contributed by atoms with van der Waals surface area (Å²) in [5.74, 6) is 0. The summed E-state index contributed by atoms with van der Waals surface area (Å²) in [5.41, 5.74) is 1.34. The minimum atomic E-state index is -3.48. The van der Waals surface area contributed by atoms with Gasteiger partial charge < -0.3 is 10.2 Å². The van der Waals surface area contributed by atoms with E-state index in [1.54, 1.807) is 31.2 Å². The van der Waals surface area contributed by atoms with Crippen molar-refractivity contribution in [2.45, 2.75) is 18.3 Å². The molecule has 1 aromatic rings. The maximum absolute atomic E-state index is 11.4. The highest BCUT2D eigenvalue weighted by molar-refractivity contribution is 7.91. The van der Waals surface area contributed by atoms with Gasteiger partial charge >= 0.3 is 0 Å². The molecule has 0 aromatic heterocycles. The van der Waals surface area contributed by atoms with E-state index >= 15 is 0 Å². The van der Waals surface area contributed by atoms with Crippen LogP contribution in [0.15, 0.2) is 24.3 Å². The molecule has 0 radical (unpaired) electrons. The molecular weight excluding hydrogens is 228 g/mol. The Morgan fingerprint density at radius 1 is 1.31 bits per heavy atom. The van der Waals surface area contributed by atoms with Crippen LogP contribution in [0.3, 0.4) is 0 Å². The minimum absolute atomic E-state index is 0.534. The van der Waals surface area contributed by atoms with Gasteiger partial charge in [0.2, 0.25) is 0 Å². The number of hydrogen-bond donors (Lipinski definition) is 2. The number of sulfone groups is 1. The third-order valence-corrected chi connectivity index (χ3v) is 4.10. The summed E-state index contributed by atoms with van der Waals surface area (Å²) in [7, 11) is -3.48. The van der Waals surface area contributed by atoms with Crippen molar-refractivity contribution in [3.63, 3.8) is 0 Å². The average Bonchev–Trinajstić information content (AvgIpc) is 2.17. The van der Waals surface area contributed by atoms with Gasteiger partial charge in [-0.2, -0.15) is 0 Å². The van der Waals surface area contributed by atoms with Gasteiger partial charge in [-0.05, 0) is 18.1 Å². The molecule has 0 aliphatic rings. The van der Waals surface area contributed by atoms with E-state index in [4.69, 9.17) is 5.11 Å². The lowest BCUT2D eigenvalue weighted by Gasteiger charge is -2.21.